The van der Waals surface area contributed by atoms with Crippen molar-refractivity contribution >= 4 is 35.5 Å². The number of hydrogen-bond acceptors (Lipinski definition) is 8. The summed E-state index contributed by atoms with van der Waals surface area (Å²) in [5.41, 5.74) is 12.9. The Hall–Kier alpha value is -3.42. The molecule has 0 saturated carbocycles. The van der Waals surface area contributed by atoms with Crippen molar-refractivity contribution in [1.29, 1.82) is 0 Å². The number of nitrogens with one attached hydrogen (secondary N) is 4. The average Bonchev–Trinajstić information content (AvgIpc) is 3.43. The van der Waals surface area contributed by atoms with Gasteiger partial charge in [-0.3, -0.25) is 14.4 Å². The first-order chi connectivity index (χ1) is 18.7. The van der Waals surface area contributed by atoms with Crippen molar-refractivity contribution in [3.8, 4) is 0 Å². The van der Waals surface area contributed by atoms with Crippen LogP contribution in [-0.2, 0) is 32.0 Å². The van der Waals surface area contributed by atoms with Gasteiger partial charge in [0.05, 0.1) is 12.4 Å². The van der Waals surface area contributed by atoms with Crippen molar-refractivity contribution in [2.45, 2.75) is 62.7 Å². The molecule has 39 heavy (non-hydrogen) atoms. The molecule has 0 radical (unpaired) electrons. The van der Waals surface area contributed by atoms with Crippen LogP contribution in [0.3, 0.4) is 0 Å². The Morgan fingerprint density at radius 2 is 1.59 bits per heavy atom. The molecule has 0 saturated heterocycles. The van der Waals surface area contributed by atoms with Crippen LogP contribution in [-0.4, -0.2) is 81.5 Å². The number of carboxylic acid groups (broad SMARTS) is 1. The van der Waals surface area contributed by atoms with E-state index in [9.17, 15) is 24.3 Å². The van der Waals surface area contributed by atoms with Gasteiger partial charge >= 0.3 is 5.97 Å². The Bertz CT molecular complexity index is 1040. The van der Waals surface area contributed by atoms with E-state index in [0.29, 0.717) is 30.8 Å². The zero-order valence-electron chi connectivity index (χ0n) is 22.1. The molecule has 2 rings (SSSR count). The Morgan fingerprint density at radius 3 is 2.18 bits per heavy atom. The number of carbonyl (C=O) groups excluding carboxylic acids is 3. The number of aromatic amines is 1. The molecule has 4 unspecified atom stereocenters. The van der Waals surface area contributed by atoms with Crippen LogP contribution in [0.15, 0.2) is 42.9 Å². The number of carboxylic acids is 1. The third kappa shape index (κ3) is 11.5. The van der Waals surface area contributed by atoms with Crippen LogP contribution in [0.25, 0.3) is 0 Å². The van der Waals surface area contributed by atoms with Crippen LogP contribution < -0.4 is 27.4 Å². The van der Waals surface area contributed by atoms with Crippen molar-refractivity contribution in [3.63, 3.8) is 0 Å². The first kappa shape index (κ1) is 31.8. The molecule has 13 heteroatoms. The summed E-state index contributed by atoms with van der Waals surface area (Å²) in [7, 11) is 0. The molecule has 214 valence electrons. The second kappa shape index (κ2) is 17.2. The van der Waals surface area contributed by atoms with Crippen molar-refractivity contribution in [2.24, 2.45) is 11.5 Å². The number of H-pyrrole nitrogens is 1. The molecular formula is C26H39N7O5S. The Balaban J connectivity index is 2.22. The van der Waals surface area contributed by atoms with Crippen molar-refractivity contribution in [3.05, 3.63) is 54.1 Å². The summed E-state index contributed by atoms with van der Waals surface area (Å²) in [6.45, 7) is 0.490. The number of carbonyl (C=O) groups is 4. The quantitative estimate of drug-likeness (QED) is 0.122. The number of hydrogen-bond donors (Lipinski definition) is 7. The first-order valence-electron chi connectivity index (χ1n) is 12.8. The van der Waals surface area contributed by atoms with E-state index in [2.05, 4.69) is 25.9 Å². The lowest BCUT2D eigenvalue weighted by molar-refractivity contribution is -0.142. The molecular weight excluding hydrogens is 522 g/mol. The summed E-state index contributed by atoms with van der Waals surface area (Å²) in [5.74, 6) is -2.37. The molecule has 0 aliphatic rings. The number of nitrogens with zero attached hydrogens (tertiary/aromatic N) is 1. The molecule has 4 atom stereocenters. The van der Waals surface area contributed by atoms with Gasteiger partial charge in [0.1, 0.15) is 18.1 Å². The Kier molecular flexibility index (Phi) is 14.0. The maximum Gasteiger partial charge on any atom is 0.326 e. The minimum atomic E-state index is -1.16. The van der Waals surface area contributed by atoms with Gasteiger partial charge in [0.2, 0.25) is 17.7 Å². The SMILES string of the molecule is CSCCC(NC(=O)C(Cc1ccccc1)NC(=O)C(Cc1cnc[nH]1)NC(=O)C(N)CCCCN)C(=O)O. The van der Waals surface area contributed by atoms with E-state index >= 15 is 0 Å². The number of imidazole rings is 1. The molecule has 3 amide bonds. The zero-order valence-corrected chi connectivity index (χ0v) is 22.9. The monoisotopic (exact) mass is 561 g/mol. The van der Waals surface area contributed by atoms with E-state index in [0.717, 1.165) is 12.0 Å². The summed E-state index contributed by atoms with van der Waals surface area (Å²) in [5, 5.41) is 17.5. The normalized spacial score (nSPS) is 14.0. The van der Waals surface area contributed by atoms with Crippen LogP contribution in [0.5, 0.6) is 0 Å². The highest BCUT2D eigenvalue weighted by Gasteiger charge is 2.30. The Morgan fingerprint density at radius 1 is 0.949 bits per heavy atom. The van der Waals surface area contributed by atoms with Crippen LogP contribution in [0, 0.1) is 0 Å². The smallest absolute Gasteiger partial charge is 0.326 e. The van der Waals surface area contributed by atoms with Crippen molar-refractivity contribution < 1.29 is 24.3 Å². The number of unbranched alkanes of at least 4 members (excludes halogenated alkanes) is 1. The average molecular weight is 562 g/mol. The van der Waals surface area contributed by atoms with Crippen LogP contribution in [0.2, 0.25) is 0 Å². The molecule has 9 N–H and O–H groups in total. The van der Waals surface area contributed by atoms with E-state index < -0.39 is 47.9 Å². The van der Waals surface area contributed by atoms with Crippen molar-refractivity contribution in [1.82, 2.24) is 25.9 Å². The van der Waals surface area contributed by atoms with E-state index in [1.165, 1.54) is 24.3 Å². The lowest BCUT2D eigenvalue weighted by Crippen LogP contribution is -2.58. The topological polar surface area (TPSA) is 205 Å². The second-order valence-corrected chi connectivity index (χ2v) is 10.2. The maximum atomic E-state index is 13.5. The highest BCUT2D eigenvalue weighted by atomic mass is 32.2. The molecule has 12 nitrogen and oxygen atoms in total. The van der Waals surface area contributed by atoms with Crippen LogP contribution in [0.4, 0.5) is 0 Å². The summed E-state index contributed by atoms with van der Waals surface area (Å²) < 4.78 is 0. The largest absolute Gasteiger partial charge is 0.480 e. The fraction of sp³-hybridized carbons (Fsp3) is 0.500. The molecule has 1 heterocycles. The summed E-state index contributed by atoms with van der Waals surface area (Å²) in [6, 6.07) is 4.96. The van der Waals surface area contributed by atoms with Gasteiger partial charge in [-0.2, -0.15) is 11.8 Å². The minimum absolute atomic E-state index is 0.0816. The second-order valence-electron chi connectivity index (χ2n) is 9.16. The molecule has 1 aromatic heterocycles. The zero-order chi connectivity index (χ0) is 28.6. The fourth-order valence-electron chi connectivity index (χ4n) is 3.84. The highest BCUT2D eigenvalue weighted by molar-refractivity contribution is 7.98. The Labute approximate surface area is 232 Å². The van der Waals surface area contributed by atoms with Gasteiger partial charge in [-0.1, -0.05) is 36.8 Å². The molecule has 1 aromatic carbocycles. The van der Waals surface area contributed by atoms with Crippen LogP contribution >= 0.6 is 11.8 Å². The third-order valence-corrected chi connectivity index (χ3v) is 6.70. The van der Waals surface area contributed by atoms with Crippen molar-refractivity contribution in [2.75, 3.05) is 18.6 Å². The maximum absolute atomic E-state index is 13.5. The van der Waals surface area contributed by atoms with E-state index in [4.69, 9.17) is 11.5 Å². The standard InChI is InChI=1S/C26H39N7O5S/c1-39-12-10-20(26(37)38)31-24(35)21(13-17-7-3-2-4-8-17)33-25(36)22(14-18-15-29-16-30-18)32-23(34)19(28)9-5-6-11-27/h2-4,7-8,15-16,19-22H,5-6,9-14,27-28H2,1H3,(H,29,30)(H,31,35)(H,32,34)(H,33,36)(H,37,38). The minimum Gasteiger partial charge on any atom is -0.480 e. The number of amides is 3. The molecule has 0 fully saturated rings. The molecule has 0 spiro atoms. The number of thioether (sulfide) groups is 1. The third-order valence-electron chi connectivity index (χ3n) is 6.06. The van der Waals surface area contributed by atoms with Crippen LogP contribution in [0.1, 0.15) is 36.9 Å². The predicted molar refractivity (Wildman–Crippen MR) is 150 cm³/mol. The molecule has 0 bridgehead atoms. The molecule has 0 aliphatic heterocycles. The van der Waals surface area contributed by atoms with Gasteiger partial charge in [0.15, 0.2) is 0 Å². The molecule has 2 aromatic rings. The van der Waals surface area contributed by atoms with Gasteiger partial charge in [-0.15, -0.1) is 0 Å². The number of benzene rings is 1. The van der Waals surface area contributed by atoms with E-state index in [-0.39, 0.29) is 19.3 Å². The highest BCUT2D eigenvalue weighted by Crippen LogP contribution is 2.08. The molecule has 0 aliphatic carbocycles. The van der Waals surface area contributed by atoms with Gasteiger partial charge in [-0.05, 0) is 43.4 Å². The fourth-order valence-corrected chi connectivity index (χ4v) is 4.31. The number of aromatic nitrogens is 2. The summed E-state index contributed by atoms with van der Waals surface area (Å²) in [4.78, 5) is 58.1. The predicted octanol–water partition coefficient (Wildman–Crippen LogP) is -0.0567. The van der Waals surface area contributed by atoms with Gasteiger partial charge in [-0.25, -0.2) is 9.78 Å². The van der Waals surface area contributed by atoms with E-state index in [1.54, 1.807) is 24.3 Å². The van der Waals surface area contributed by atoms with Gasteiger partial charge in [0, 0.05) is 24.7 Å². The number of aliphatic carboxylic acids is 1. The van der Waals surface area contributed by atoms with Gasteiger partial charge in [0.25, 0.3) is 0 Å². The first-order valence-corrected chi connectivity index (χ1v) is 14.2. The van der Waals surface area contributed by atoms with Gasteiger partial charge < -0.3 is 37.5 Å². The lowest BCUT2D eigenvalue weighted by atomic mass is 10.0. The number of rotatable bonds is 18. The summed E-state index contributed by atoms with van der Waals surface area (Å²) in [6.07, 6.45) is 7.07. The number of nitrogens with two attached hydrogens (primary N) is 2. The summed E-state index contributed by atoms with van der Waals surface area (Å²) >= 11 is 1.47. The lowest BCUT2D eigenvalue weighted by Gasteiger charge is -2.25. The van der Waals surface area contributed by atoms with E-state index in [1.807, 2.05) is 12.3 Å².